The third kappa shape index (κ3) is 3.70. The average molecular weight is 330 g/mol. The zero-order valence-corrected chi connectivity index (χ0v) is 13.8. The molecule has 0 fully saturated rings. The highest BCUT2D eigenvalue weighted by Gasteiger charge is 2.06. The summed E-state index contributed by atoms with van der Waals surface area (Å²) in [5, 5.41) is 8.77. The molecule has 2 aromatic carbocycles. The van der Waals surface area contributed by atoms with Crippen LogP contribution < -0.4 is 0 Å². The van der Waals surface area contributed by atoms with Crippen molar-refractivity contribution in [2.75, 3.05) is 0 Å². The van der Waals surface area contributed by atoms with Crippen LogP contribution in [0.5, 0.6) is 0 Å². The molecular formula is C17H16ClN3S. The Bertz CT molecular complexity index is 753. The van der Waals surface area contributed by atoms with E-state index >= 15 is 0 Å². The van der Waals surface area contributed by atoms with Crippen molar-refractivity contribution in [3.63, 3.8) is 0 Å². The van der Waals surface area contributed by atoms with Crippen molar-refractivity contribution in [2.45, 2.75) is 24.3 Å². The van der Waals surface area contributed by atoms with Gasteiger partial charge in [0.1, 0.15) is 0 Å². The first-order valence-corrected chi connectivity index (χ1v) is 8.50. The van der Waals surface area contributed by atoms with Crippen LogP contribution in [0.1, 0.15) is 18.1 Å². The molecule has 0 atom stereocenters. The van der Waals surface area contributed by atoms with Gasteiger partial charge in [-0.3, -0.25) is 5.10 Å². The van der Waals surface area contributed by atoms with Gasteiger partial charge in [0.2, 0.25) is 5.16 Å². The number of aryl methyl sites for hydroxylation is 1. The topological polar surface area (TPSA) is 41.6 Å². The van der Waals surface area contributed by atoms with Crippen molar-refractivity contribution < 1.29 is 0 Å². The predicted octanol–water partition coefficient (Wildman–Crippen LogP) is 4.98. The van der Waals surface area contributed by atoms with Crippen LogP contribution in [0.4, 0.5) is 0 Å². The molecule has 112 valence electrons. The number of nitrogens with one attached hydrogen (secondary N) is 1. The molecule has 22 heavy (non-hydrogen) atoms. The van der Waals surface area contributed by atoms with E-state index in [1.807, 2.05) is 18.2 Å². The first kappa shape index (κ1) is 15.1. The molecule has 5 heteroatoms. The van der Waals surface area contributed by atoms with Gasteiger partial charge in [0.05, 0.1) is 0 Å². The Balaban J connectivity index is 1.68. The molecule has 0 aliphatic carbocycles. The SMILES string of the molecule is CCc1ccc(-c2nc(SCc3cccc(Cl)c3)n[nH]2)cc1. The summed E-state index contributed by atoms with van der Waals surface area (Å²) in [5.41, 5.74) is 3.54. The van der Waals surface area contributed by atoms with Gasteiger partial charge >= 0.3 is 0 Å². The van der Waals surface area contributed by atoms with Crippen molar-refractivity contribution in [2.24, 2.45) is 0 Å². The van der Waals surface area contributed by atoms with Crippen molar-refractivity contribution in [1.82, 2.24) is 15.2 Å². The molecule has 3 rings (SSSR count). The average Bonchev–Trinajstić information content (AvgIpc) is 3.02. The van der Waals surface area contributed by atoms with E-state index in [0.29, 0.717) is 0 Å². The maximum Gasteiger partial charge on any atom is 0.209 e. The maximum absolute atomic E-state index is 5.99. The number of aromatic amines is 1. The van der Waals surface area contributed by atoms with Crippen LogP contribution in [0.2, 0.25) is 5.02 Å². The summed E-state index contributed by atoms with van der Waals surface area (Å²) in [6.07, 6.45) is 1.04. The van der Waals surface area contributed by atoms with Crippen molar-refractivity contribution >= 4 is 23.4 Å². The minimum atomic E-state index is 0.745. The lowest BCUT2D eigenvalue weighted by atomic mass is 10.1. The Kier molecular flexibility index (Phi) is 4.80. The summed E-state index contributed by atoms with van der Waals surface area (Å²) in [5.74, 6) is 1.60. The summed E-state index contributed by atoms with van der Waals surface area (Å²) in [4.78, 5) is 4.54. The van der Waals surface area contributed by atoms with E-state index in [0.717, 1.165) is 39.3 Å². The fraction of sp³-hybridized carbons (Fsp3) is 0.176. The number of halogens is 1. The third-order valence-corrected chi connectivity index (χ3v) is 4.51. The minimum Gasteiger partial charge on any atom is -0.258 e. The molecule has 1 N–H and O–H groups in total. The number of H-pyrrole nitrogens is 1. The summed E-state index contributed by atoms with van der Waals surface area (Å²) >= 11 is 7.58. The highest BCUT2D eigenvalue weighted by Crippen LogP contribution is 2.23. The van der Waals surface area contributed by atoms with Gasteiger partial charge < -0.3 is 0 Å². The van der Waals surface area contributed by atoms with E-state index in [-0.39, 0.29) is 0 Å². The van der Waals surface area contributed by atoms with Crippen LogP contribution in [0.3, 0.4) is 0 Å². The summed E-state index contributed by atoms with van der Waals surface area (Å²) in [6, 6.07) is 16.2. The van der Waals surface area contributed by atoms with E-state index < -0.39 is 0 Å². The fourth-order valence-electron chi connectivity index (χ4n) is 2.11. The van der Waals surface area contributed by atoms with E-state index in [4.69, 9.17) is 11.6 Å². The van der Waals surface area contributed by atoms with Gasteiger partial charge in [-0.05, 0) is 29.7 Å². The Morgan fingerprint density at radius 3 is 2.64 bits per heavy atom. The maximum atomic E-state index is 5.99. The van der Waals surface area contributed by atoms with Crippen molar-refractivity contribution in [3.05, 3.63) is 64.7 Å². The summed E-state index contributed by atoms with van der Waals surface area (Å²) < 4.78 is 0. The molecular weight excluding hydrogens is 314 g/mol. The Morgan fingerprint density at radius 2 is 1.91 bits per heavy atom. The zero-order chi connectivity index (χ0) is 15.4. The minimum absolute atomic E-state index is 0.745. The molecule has 0 saturated heterocycles. The Hall–Kier alpha value is -1.78. The van der Waals surface area contributed by atoms with Gasteiger partial charge in [-0.1, -0.05) is 66.7 Å². The highest BCUT2D eigenvalue weighted by molar-refractivity contribution is 7.98. The predicted molar refractivity (Wildman–Crippen MR) is 92.2 cm³/mol. The molecule has 3 nitrogen and oxygen atoms in total. The Labute approximate surface area is 139 Å². The standard InChI is InChI=1S/C17H16ClN3S/c1-2-12-6-8-14(9-7-12)16-19-17(21-20-16)22-11-13-4-3-5-15(18)10-13/h3-10H,2,11H2,1H3,(H,19,20,21). The molecule has 0 saturated carbocycles. The first-order chi connectivity index (χ1) is 10.7. The second kappa shape index (κ2) is 6.99. The van der Waals surface area contributed by atoms with E-state index in [9.17, 15) is 0 Å². The highest BCUT2D eigenvalue weighted by atomic mass is 35.5. The Morgan fingerprint density at radius 1 is 1.09 bits per heavy atom. The van der Waals surface area contributed by atoms with Crippen LogP contribution in [-0.4, -0.2) is 15.2 Å². The number of hydrogen-bond donors (Lipinski definition) is 1. The molecule has 0 radical (unpaired) electrons. The van der Waals surface area contributed by atoms with Gasteiger partial charge in [0.15, 0.2) is 5.82 Å². The van der Waals surface area contributed by atoms with Crippen molar-refractivity contribution in [3.8, 4) is 11.4 Å². The van der Waals surface area contributed by atoms with Gasteiger partial charge in [0.25, 0.3) is 0 Å². The van der Waals surface area contributed by atoms with E-state index in [1.165, 1.54) is 5.56 Å². The lowest BCUT2D eigenvalue weighted by molar-refractivity contribution is 0.973. The molecule has 0 aliphatic rings. The second-order valence-electron chi connectivity index (χ2n) is 4.94. The van der Waals surface area contributed by atoms with Crippen LogP contribution in [0, 0.1) is 0 Å². The normalized spacial score (nSPS) is 10.8. The molecule has 0 aliphatic heterocycles. The molecule has 1 aromatic heterocycles. The van der Waals surface area contributed by atoms with Gasteiger partial charge in [-0.2, -0.15) is 0 Å². The molecule has 0 amide bonds. The smallest absolute Gasteiger partial charge is 0.209 e. The fourth-order valence-corrected chi connectivity index (χ4v) is 3.07. The molecule has 0 unspecified atom stereocenters. The van der Waals surface area contributed by atoms with Gasteiger partial charge in [-0.15, -0.1) is 5.10 Å². The first-order valence-electron chi connectivity index (χ1n) is 7.13. The second-order valence-corrected chi connectivity index (χ2v) is 6.31. The summed E-state index contributed by atoms with van der Waals surface area (Å²) in [6.45, 7) is 2.15. The van der Waals surface area contributed by atoms with Crippen LogP contribution in [0.15, 0.2) is 53.7 Å². The number of benzene rings is 2. The number of thioether (sulfide) groups is 1. The number of nitrogens with zero attached hydrogens (tertiary/aromatic N) is 2. The van der Waals surface area contributed by atoms with Gasteiger partial charge in [0, 0.05) is 16.3 Å². The number of aromatic nitrogens is 3. The summed E-state index contributed by atoms with van der Waals surface area (Å²) in [7, 11) is 0. The van der Waals surface area contributed by atoms with E-state index in [2.05, 4.69) is 52.4 Å². The lowest BCUT2D eigenvalue weighted by Gasteiger charge is -1.99. The van der Waals surface area contributed by atoms with E-state index in [1.54, 1.807) is 11.8 Å². The molecule has 1 heterocycles. The van der Waals surface area contributed by atoms with Crippen LogP contribution >= 0.6 is 23.4 Å². The molecule has 3 aromatic rings. The monoisotopic (exact) mass is 329 g/mol. The lowest BCUT2D eigenvalue weighted by Crippen LogP contribution is -1.83. The third-order valence-electron chi connectivity index (χ3n) is 3.36. The largest absolute Gasteiger partial charge is 0.258 e. The number of hydrogen-bond acceptors (Lipinski definition) is 3. The van der Waals surface area contributed by atoms with Crippen molar-refractivity contribution in [1.29, 1.82) is 0 Å². The quantitative estimate of drug-likeness (QED) is 0.671. The number of rotatable bonds is 5. The molecule has 0 spiro atoms. The molecule has 0 bridgehead atoms. The van der Waals surface area contributed by atoms with Crippen LogP contribution in [-0.2, 0) is 12.2 Å². The zero-order valence-electron chi connectivity index (χ0n) is 12.2. The van der Waals surface area contributed by atoms with Gasteiger partial charge in [-0.25, -0.2) is 4.98 Å². The van der Waals surface area contributed by atoms with Crippen LogP contribution in [0.25, 0.3) is 11.4 Å².